The molecular weight excluding hydrogens is 106 g/mol. The summed E-state index contributed by atoms with van der Waals surface area (Å²) < 4.78 is 0. The van der Waals surface area contributed by atoms with Crippen LogP contribution in [0.25, 0.3) is 0 Å². The second-order valence-electron chi connectivity index (χ2n) is 2.10. The van der Waals surface area contributed by atoms with Crippen LogP contribution >= 0.6 is 12.6 Å². The SMILES string of the molecule is CC1NCCC1S. The lowest BCUT2D eigenvalue weighted by Gasteiger charge is -2.04. The lowest BCUT2D eigenvalue weighted by Crippen LogP contribution is -2.22. The number of thiol groups is 1. The molecule has 1 fully saturated rings. The third-order valence-corrected chi connectivity index (χ3v) is 2.19. The van der Waals surface area contributed by atoms with Gasteiger partial charge in [0.1, 0.15) is 0 Å². The molecular formula is C5H11NS. The van der Waals surface area contributed by atoms with E-state index in [0.717, 1.165) is 6.54 Å². The van der Waals surface area contributed by atoms with Crippen LogP contribution in [-0.4, -0.2) is 17.8 Å². The van der Waals surface area contributed by atoms with Crippen LogP contribution < -0.4 is 5.32 Å². The summed E-state index contributed by atoms with van der Waals surface area (Å²) in [6.45, 7) is 3.32. The maximum atomic E-state index is 4.32. The predicted octanol–water partition coefficient (Wildman–Crippen LogP) is 0.667. The smallest absolute Gasteiger partial charge is 0.0180 e. The molecule has 1 nitrogen and oxygen atoms in total. The number of hydrogen-bond donors (Lipinski definition) is 2. The van der Waals surface area contributed by atoms with Crippen LogP contribution in [0.4, 0.5) is 0 Å². The first kappa shape index (κ1) is 5.45. The molecule has 1 aliphatic heterocycles. The van der Waals surface area contributed by atoms with Gasteiger partial charge in [-0.1, -0.05) is 0 Å². The van der Waals surface area contributed by atoms with Crippen molar-refractivity contribution in [3.63, 3.8) is 0 Å². The van der Waals surface area contributed by atoms with E-state index in [1.54, 1.807) is 0 Å². The first-order valence-electron chi connectivity index (χ1n) is 2.72. The van der Waals surface area contributed by atoms with Crippen molar-refractivity contribution >= 4 is 12.6 Å². The Kier molecular flexibility index (Phi) is 1.60. The van der Waals surface area contributed by atoms with E-state index >= 15 is 0 Å². The molecule has 0 aromatic heterocycles. The van der Waals surface area contributed by atoms with Crippen LogP contribution in [0, 0.1) is 0 Å². The number of hydrogen-bond acceptors (Lipinski definition) is 2. The van der Waals surface area contributed by atoms with E-state index in [9.17, 15) is 0 Å². The summed E-state index contributed by atoms with van der Waals surface area (Å²) in [7, 11) is 0. The molecule has 1 aliphatic rings. The summed E-state index contributed by atoms with van der Waals surface area (Å²) in [6, 6.07) is 0.628. The van der Waals surface area contributed by atoms with Gasteiger partial charge in [-0.05, 0) is 19.9 Å². The Balaban J connectivity index is 2.33. The van der Waals surface area contributed by atoms with Gasteiger partial charge in [-0.2, -0.15) is 12.6 Å². The van der Waals surface area contributed by atoms with E-state index in [-0.39, 0.29) is 0 Å². The standard InChI is InChI=1S/C5H11NS/c1-4-5(7)2-3-6-4/h4-7H,2-3H2,1H3. The monoisotopic (exact) mass is 117 g/mol. The maximum Gasteiger partial charge on any atom is 0.0180 e. The summed E-state index contributed by atoms with van der Waals surface area (Å²) in [6.07, 6.45) is 1.23. The van der Waals surface area contributed by atoms with Gasteiger partial charge in [0.15, 0.2) is 0 Å². The Hall–Kier alpha value is 0.310. The van der Waals surface area contributed by atoms with E-state index in [1.165, 1.54) is 6.42 Å². The highest BCUT2D eigenvalue weighted by Gasteiger charge is 2.17. The van der Waals surface area contributed by atoms with Gasteiger partial charge >= 0.3 is 0 Å². The summed E-state index contributed by atoms with van der Waals surface area (Å²) >= 11 is 4.32. The number of rotatable bonds is 0. The molecule has 0 aliphatic carbocycles. The molecule has 2 atom stereocenters. The summed E-state index contributed by atoms with van der Waals surface area (Å²) in [4.78, 5) is 0. The fraction of sp³-hybridized carbons (Fsp3) is 1.00. The first-order valence-corrected chi connectivity index (χ1v) is 3.24. The fourth-order valence-corrected chi connectivity index (χ4v) is 1.08. The van der Waals surface area contributed by atoms with Crippen molar-refractivity contribution in [2.75, 3.05) is 6.54 Å². The highest BCUT2D eigenvalue weighted by molar-refractivity contribution is 7.81. The van der Waals surface area contributed by atoms with Crippen molar-refractivity contribution < 1.29 is 0 Å². The van der Waals surface area contributed by atoms with Crippen molar-refractivity contribution in [1.82, 2.24) is 5.32 Å². The van der Waals surface area contributed by atoms with Crippen molar-refractivity contribution in [3.8, 4) is 0 Å². The Morgan fingerprint density at radius 2 is 2.43 bits per heavy atom. The highest BCUT2D eigenvalue weighted by atomic mass is 32.1. The van der Waals surface area contributed by atoms with Crippen molar-refractivity contribution in [2.45, 2.75) is 24.6 Å². The van der Waals surface area contributed by atoms with Gasteiger partial charge in [0.2, 0.25) is 0 Å². The molecule has 0 bridgehead atoms. The van der Waals surface area contributed by atoms with Crippen molar-refractivity contribution in [3.05, 3.63) is 0 Å². The molecule has 0 amide bonds. The van der Waals surface area contributed by atoms with E-state index in [4.69, 9.17) is 0 Å². The average molecular weight is 117 g/mol. The molecule has 42 valence electrons. The minimum absolute atomic E-state index is 0.597. The zero-order valence-electron chi connectivity index (χ0n) is 4.52. The lowest BCUT2D eigenvalue weighted by atomic mass is 10.2. The minimum atomic E-state index is 0.597. The number of nitrogens with one attached hydrogen (secondary N) is 1. The molecule has 0 radical (unpaired) electrons. The third-order valence-electron chi connectivity index (χ3n) is 1.48. The second kappa shape index (κ2) is 2.05. The van der Waals surface area contributed by atoms with Gasteiger partial charge < -0.3 is 5.32 Å². The topological polar surface area (TPSA) is 12.0 Å². The average Bonchev–Trinajstić information content (AvgIpc) is 1.91. The highest BCUT2D eigenvalue weighted by Crippen LogP contribution is 2.11. The molecule has 7 heavy (non-hydrogen) atoms. The lowest BCUT2D eigenvalue weighted by molar-refractivity contribution is 0.675. The molecule has 2 unspecified atom stereocenters. The van der Waals surface area contributed by atoms with Crippen LogP contribution in [0.3, 0.4) is 0 Å². The predicted molar refractivity (Wildman–Crippen MR) is 34.9 cm³/mol. The Morgan fingerprint density at radius 1 is 1.71 bits per heavy atom. The zero-order chi connectivity index (χ0) is 5.28. The summed E-state index contributed by atoms with van der Waals surface area (Å²) in [5.74, 6) is 0. The van der Waals surface area contributed by atoms with Crippen molar-refractivity contribution in [1.29, 1.82) is 0 Å². The van der Waals surface area contributed by atoms with Crippen LogP contribution in [0.5, 0.6) is 0 Å². The first-order chi connectivity index (χ1) is 3.30. The molecule has 0 aromatic rings. The Bertz CT molecular complexity index is 57.1. The molecule has 1 heterocycles. The van der Waals surface area contributed by atoms with Gasteiger partial charge in [0.05, 0.1) is 0 Å². The van der Waals surface area contributed by atoms with E-state index in [2.05, 4.69) is 24.9 Å². The minimum Gasteiger partial charge on any atom is -0.313 e. The summed E-state index contributed by atoms with van der Waals surface area (Å²) in [5.41, 5.74) is 0. The van der Waals surface area contributed by atoms with Gasteiger partial charge in [-0.3, -0.25) is 0 Å². The van der Waals surface area contributed by atoms with Crippen LogP contribution in [0.15, 0.2) is 0 Å². The molecule has 0 spiro atoms. The fourth-order valence-electron chi connectivity index (χ4n) is 0.845. The van der Waals surface area contributed by atoms with Gasteiger partial charge in [-0.25, -0.2) is 0 Å². The molecule has 1 N–H and O–H groups in total. The maximum absolute atomic E-state index is 4.32. The molecule has 2 heteroatoms. The normalized spacial score (nSPS) is 42.0. The van der Waals surface area contributed by atoms with Crippen LogP contribution in [0.2, 0.25) is 0 Å². The van der Waals surface area contributed by atoms with Crippen LogP contribution in [-0.2, 0) is 0 Å². The van der Waals surface area contributed by atoms with E-state index < -0.39 is 0 Å². The summed E-state index contributed by atoms with van der Waals surface area (Å²) in [5, 5.41) is 3.89. The van der Waals surface area contributed by atoms with E-state index in [0.29, 0.717) is 11.3 Å². The van der Waals surface area contributed by atoms with E-state index in [1.807, 2.05) is 0 Å². The zero-order valence-corrected chi connectivity index (χ0v) is 5.41. The molecule has 0 saturated carbocycles. The Morgan fingerprint density at radius 3 is 2.57 bits per heavy atom. The Labute approximate surface area is 49.9 Å². The van der Waals surface area contributed by atoms with Gasteiger partial charge in [0, 0.05) is 11.3 Å². The molecule has 1 saturated heterocycles. The van der Waals surface area contributed by atoms with Gasteiger partial charge in [-0.15, -0.1) is 0 Å². The third kappa shape index (κ3) is 1.10. The second-order valence-corrected chi connectivity index (χ2v) is 2.76. The molecule has 1 rings (SSSR count). The quantitative estimate of drug-likeness (QED) is 0.444. The van der Waals surface area contributed by atoms with Gasteiger partial charge in [0.25, 0.3) is 0 Å². The van der Waals surface area contributed by atoms with Crippen LogP contribution in [0.1, 0.15) is 13.3 Å². The van der Waals surface area contributed by atoms with Crippen molar-refractivity contribution in [2.24, 2.45) is 0 Å². The largest absolute Gasteiger partial charge is 0.313 e. The molecule has 0 aromatic carbocycles.